The van der Waals surface area contributed by atoms with Crippen LogP contribution < -0.4 is 10.2 Å². The number of rotatable bonds is 5. The highest BCUT2D eigenvalue weighted by Crippen LogP contribution is 2.42. The number of carboxylic acid groups (broad SMARTS) is 1. The van der Waals surface area contributed by atoms with Gasteiger partial charge in [-0.05, 0) is 81.1 Å². The van der Waals surface area contributed by atoms with E-state index in [-0.39, 0.29) is 12.3 Å². The molecule has 198 valence electrons. The Balaban J connectivity index is 1.86. The Morgan fingerprint density at radius 2 is 1.76 bits per heavy atom. The van der Waals surface area contributed by atoms with Gasteiger partial charge in [-0.25, -0.2) is 4.79 Å². The number of carbonyl (C=O) groups excluding carboxylic acids is 2. The Labute approximate surface area is 228 Å². The second-order valence-electron chi connectivity index (χ2n) is 10.6. The quantitative estimate of drug-likeness (QED) is 0.402. The molecule has 2 N–H and O–H groups in total. The van der Waals surface area contributed by atoms with E-state index in [0.29, 0.717) is 16.4 Å². The average Bonchev–Trinajstić information content (AvgIpc) is 2.94. The molecule has 0 spiro atoms. The van der Waals surface area contributed by atoms with Gasteiger partial charge in [0.25, 0.3) is 0 Å². The van der Waals surface area contributed by atoms with E-state index in [0.717, 1.165) is 16.7 Å². The third-order valence-corrected chi connectivity index (χ3v) is 6.92. The summed E-state index contributed by atoms with van der Waals surface area (Å²) in [6.45, 7) is 6.99. The molecule has 2 atom stereocenters. The van der Waals surface area contributed by atoms with Gasteiger partial charge in [0.2, 0.25) is 5.91 Å². The van der Waals surface area contributed by atoms with Crippen LogP contribution in [0, 0.1) is 6.92 Å². The summed E-state index contributed by atoms with van der Waals surface area (Å²) < 4.78 is 0. The summed E-state index contributed by atoms with van der Waals surface area (Å²) in [5.74, 6) is -1.92. The lowest BCUT2D eigenvalue weighted by Gasteiger charge is -2.42. The Bertz CT molecular complexity index is 1350. The van der Waals surface area contributed by atoms with Crippen molar-refractivity contribution in [1.82, 2.24) is 4.90 Å². The second-order valence-corrected chi connectivity index (χ2v) is 11.0. The van der Waals surface area contributed by atoms with Gasteiger partial charge in [-0.15, -0.1) is 0 Å². The first-order chi connectivity index (χ1) is 18.0. The van der Waals surface area contributed by atoms with E-state index in [9.17, 15) is 19.5 Å². The van der Waals surface area contributed by atoms with Gasteiger partial charge in [0.1, 0.15) is 12.6 Å². The molecule has 38 heavy (non-hydrogen) atoms. The molecule has 7 nitrogen and oxygen atoms in total. The standard InChI is InChI=1S/C30H32ClN3O4/c1-19-9-8-12-22(15-19)32-29(38)34(30(2,3)4)26-17-23(20-10-6-5-7-11-20)24-16-21(31)13-14-25(24)33(28(26)37)18-27(35)36/h5-16,23,26H,17-18H2,1-4H3,(H,32,38)(H,35,36). The lowest BCUT2D eigenvalue weighted by atomic mass is 9.85. The van der Waals surface area contributed by atoms with Crippen LogP contribution in [0.5, 0.6) is 0 Å². The fourth-order valence-electron chi connectivity index (χ4n) is 5.14. The largest absolute Gasteiger partial charge is 0.480 e. The lowest BCUT2D eigenvalue weighted by Crippen LogP contribution is -2.59. The maximum absolute atomic E-state index is 14.2. The fraction of sp³-hybridized carbons (Fsp3) is 0.300. The van der Waals surface area contributed by atoms with Crippen molar-refractivity contribution in [3.8, 4) is 0 Å². The number of carbonyl (C=O) groups is 3. The first-order valence-corrected chi connectivity index (χ1v) is 12.9. The summed E-state index contributed by atoms with van der Waals surface area (Å²) in [7, 11) is 0. The molecule has 1 heterocycles. The predicted molar refractivity (Wildman–Crippen MR) is 150 cm³/mol. The molecule has 0 radical (unpaired) electrons. The smallest absolute Gasteiger partial charge is 0.323 e. The van der Waals surface area contributed by atoms with Crippen LogP contribution in [-0.2, 0) is 9.59 Å². The SMILES string of the molecule is Cc1cccc(NC(=O)N(C2CC(c3ccccc3)c3cc(Cl)ccc3N(CC(=O)O)C2=O)C(C)(C)C)c1. The van der Waals surface area contributed by atoms with Gasteiger partial charge in [-0.1, -0.05) is 54.1 Å². The molecule has 3 aromatic rings. The van der Waals surface area contributed by atoms with Crippen molar-refractivity contribution in [3.05, 3.63) is 94.5 Å². The Kier molecular flexibility index (Phi) is 7.78. The van der Waals surface area contributed by atoms with Crippen LogP contribution in [0.2, 0.25) is 5.02 Å². The van der Waals surface area contributed by atoms with Crippen LogP contribution >= 0.6 is 11.6 Å². The summed E-state index contributed by atoms with van der Waals surface area (Å²) in [4.78, 5) is 42.8. The Hall–Kier alpha value is -3.84. The third-order valence-electron chi connectivity index (χ3n) is 6.68. The normalized spacial score (nSPS) is 17.4. The third kappa shape index (κ3) is 5.83. The van der Waals surface area contributed by atoms with E-state index >= 15 is 0 Å². The van der Waals surface area contributed by atoms with Crippen LogP contribution in [0.3, 0.4) is 0 Å². The van der Waals surface area contributed by atoms with Gasteiger partial charge in [0.05, 0.1) is 0 Å². The molecule has 4 rings (SSSR count). The lowest BCUT2D eigenvalue weighted by molar-refractivity contribution is -0.137. The molecular weight excluding hydrogens is 502 g/mol. The Morgan fingerprint density at radius 1 is 1.05 bits per heavy atom. The van der Waals surface area contributed by atoms with E-state index < -0.39 is 36.0 Å². The number of nitrogens with zero attached hydrogens (tertiary/aromatic N) is 2. The average molecular weight is 534 g/mol. The first kappa shape index (κ1) is 27.2. The van der Waals surface area contributed by atoms with Crippen molar-refractivity contribution in [2.75, 3.05) is 16.8 Å². The maximum atomic E-state index is 14.2. The van der Waals surface area contributed by atoms with E-state index in [1.807, 2.05) is 76.2 Å². The number of carboxylic acids is 1. The van der Waals surface area contributed by atoms with Crippen LogP contribution in [0.4, 0.5) is 16.2 Å². The van der Waals surface area contributed by atoms with Gasteiger partial charge < -0.3 is 15.3 Å². The monoisotopic (exact) mass is 533 g/mol. The van der Waals surface area contributed by atoms with Gasteiger partial charge in [0, 0.05) is 27.9 Å². The van der Waals surface area contributed by atoms with Crippen molar-refractivity contribution >= 4 is 40.9 Å². The number of halogens is 1. The molecule has 0 fully saturated rings. The van der Waals surface area contributed by atoms with Crippen molar-refractivity contribution < 1.29 is 19.5 Å². The highest BCUT2D eigenvalue weighted by atomic mass is 35.5. The number of amides is 3. The molecule has 0 aliphatic carbocycles. The summed E-state index contributed by atoms with van der Waals surface area (Å²) in [6.07, 6.45) is 0.255. The highest BCUT2D eigenvalue weighted by molar-refractivity contribution is 6.30. The van der Waals surface area contributed by atoms with Crippen molar-refractivity contribution in [2.45, 2.75) is 51.6 Å². The minimum Gasteiger partial charge on any atom is -0.480 e. The van der Waals surface area contributed by atoms with E-state index in [1.165, 1.54) is 9.80 Å². The maximum Gasteiger partial charge on any atom is 0.323 e. The van der Waals surface area contributed by atoms with E-state index in [2.05, 4.69) is 5.32 Å². The number of fused-ring (bicyclic) bond motifs is 1. The zero-order valence-corrected chi connectivity index (χ0v) is 22.7. The molecule has 1 aliphatic heterocycles. The summed E-state index contributed by atoms with van der Waals surface area (Å²) in [5.41, 5.74) is 3.00. The minimum absolute atomic E-state index is 0.255. The number of anilines is 2. The number of benzene rings is 3. The zero-order valence-electron chi connectivity index (χ0n) is 21.9. The van der Waals surface area contributed by atoms with Crippen LogP contribution in [-0.4, -0.2) is 46.0 Å². The molecule has 0 aromatic heterocycles. The number of aliphatic carboxylic acids is 1. The summed E-state index contributed by atoms with van der Waals surface area (Å²) >= 11 is 6.40. The molecule has 2 unspecified atom stereocenters. The fourth-order valence-corrected chi connectivity index (χ4v) is 5.32. The van der Waals surface area contributed by atoms with Gasteiger partial charge in [0.15, 0.2) is 0 Å². The van der Waals surface area contributed by atoms with Gasteiger partial charge >= 0.3 is 12.0 Å². The minimum atomic E-state index is -1.15. The number of urea groups is 1. The number of nitrogens with one attached hydrogen (secondary N) is 1. The molecule has 3 aromatic carbocycles. The first-order valence-electron chi connectivity index (χ1n) is 12.5. The molecule has 0 bridgehead atoms. The van der Waals surface area contributed by atoms with Gasteiger partial charge in [-0.2, -0.15) is 0 Å². The molecule has 3 amide bonds. The van der Waals surface area contributed by atoms with Crippen molar-refractivity contribution in [2.24, 2.45) is 0 Å². The molecule has 0 saturated heterocycles. The Morgan fingerprint density at radius 3 is 2.39 bits per heavy atom. The molecule has 0 saturated carbocycles. The zero-order chi connectivity index (χ0) is 27.6. The number of hydrogen-bond acceptors (Lipinski definition) is 3. The van der Waals surface area contributed by atoms with Crippen LogP contribution in [0.1, 0.15) is 49.8 Å². The topological polar surface area (TPSA) is 90.0 Å². The predicted octanol–water partition coefficient (Wildman–Crippen LogP) is 6.30. The molecular formula is C30H32ClN3O4. The highest BCUT2D eigenvalue weighted by Gasteiger charge is 2.44. The van der Waals surface area contributed by atoms with Gasteiger partial charge in [-0.3, -0.25) is 14.5 Å². The van der Waals surface area contributed by atoms with Crippen molar-refractivity contribution in [3.63, 3.8) is 0 Å². The summed E-state index contributed by atoms with van der Waals surface area (Å²) in [6, 6.07) is 20.9. The summed E-state index contributed by atoms with van der Waals surface area (Å²) in [5, 5.41) is 13.2. The van der Waals surface area contributed by atoms with E-state index in [1.54, 1.807) is 24.3 Å². The van der Waals surface area contributed by atoms with Crippen LogP contribution in [0.25, 0.3) is 0 Å². The molecule has 8 heteroatoms. The number of hydrogen-bond donors (Lipinski definition) is 2. The van der Waals surface area contributed by atoms with Crippen molar-refractivity contribution in [1.29, 1.82) is 0 Å². The van der Waals surface area contributed by atoms with Crippen LogP contribution in [0.15, 0.2) is 72.8 Å². The van der Waals surface area contributed by atoms with E-state index in [4.69, 9.17) is 11.6 Å². The second kappa shape index (κ2) is 10.9. The number of aryl methyl sites for hydroxylation is 1. The molecule has 1 aliphatic rings.